The number of unbranched alkanes of at least 4 members (excludes halogenated alkanes) is 1. The molecule has 1 aliphatic rings. The van der Waals surface area contributed by atoms with E-state index in [4.69, 9.17) is 10.6 Å². The van der Waals surface area contributed by atoms with Gasteiger partial charge in [0.1, 0.15) is 0 Å². The van der Waals surface area contributed by atoms with Gasteiger partial charge in [0.25, 0.3) is 0 Å². The van der Waals surface area contributed by atoms with Gasteiger partial charge in [0.15, 0.2) is 0 Å². The van der Waals surface area contributed by atoms with Crippen LogP contribution in [0.3, 0.4) is 0 Å². The third-order valence-electron chi connectivity index (χ3n) is 3.87. The van der Waals surface area contributed by atoms with E-state index < -0.39 is 0 Å². The first kappa shape index (κ1) is 12.9. The summed E-state index contributed by atoms with van der Waals surface area (Å²) in [5, 5.41) is 0. The standard InChI is InChI=1S/C12H26N2O/c1-5-6-7-11(14-13)12-8(2)9(3)15-10(12)4/h8-12,14H,5-7,13H2,1-4H3. The zero-order valence-corrected chi connectivity index (χ0v) is 10.5. The minimum Gasteiger partial charge on any atom is -0.375 e. The zero-order chi connectivity index (χ0) is 11.4. The third kappa shape index (κ3) is 2.92. The van der Waals surface area contributed by atoms with Gasteiger partial charge in [-0.3, -0.25) is 11.3 Å². The monoisotopic (exact) mass is 214 g/mol. The first-order valence-electron chi connectivity index (χ1n) is 6.23. The maximum atomic E-state index is 5.85. The van der Waals surface area contributed by atoms with E-state index in [1.165, 1.54) is 12.8 Å². The maximum Gasteiger partial charge on any atom is 0.0597 e. The number of hydrogen-bond donors (Lipinski definition) is 2. The highest BCUT2D eigenvalue weighted by atomic mass is 16.5. The molecule has 1 rings (SSSR count). The summed E-state index contributed by atoms with van der Waals surface area (Å²) in [6.45, 7) is 8.82. The molecule has 3 N–H and O–H groups in total. The SMILES string of the molecule is CCCCC(NN)C1C(C)OC(C)C1C. The summed E-state index contributed by atoms with van der Waals surface area (Å²) < 4.78 is 5.85. The summed E-state index contributed by atoms with van der Waals surface area (Å²) in [6.07, 6.45) is 4.31. The Morgan fingerprint density at radius 3 is 2.33 bits per heavy atom. The van der Waals surface area contributed by atoms with Gasteiger partial charge >= 0.3 is 0 Å². The molecule has 3 nitrogen and oxygen atoms in total. The highest BCUT2D eigenvalue weighted by Crippen LogP contribution is 2.35. The van der Waals surface area contributed by atoms with Gasteiger partial charge in [-0.25, -0.2) is 0 Å². The molecule has 3 heteroatoms. The Bertz CT molecular complexity index is 186. The van der Waals surface area contributed by atoms with Gasteiger partial charge in [0.05, 0.1) is 12.2 Å². The van der Waals surface area contributed by atoms with Crippen LogP contribution in [-0.2, 0) is 4.74 Å². The fourth-order valence-corrected chi connectivity index (χ4v) is 2.80. The first-order valence-corrected chi connectivity index (χ1v) is 6.23. The van der Waals surface area contributed by atoms with E-state index in [-0.39, 0.29) is 0 Å². The largest absolute Gasteiger partial charge is 0.375 e. The van der Waals surface area contributed by atoms with Crippen molar-refractivity contribution in [3.05, 3.63) is 0 Å². The predicted molar refractivity (Wildman–Crippen MR) is 63.3 cm³/mol. The van der Waals surface area contributed by atoms with Crippen molar-refractivity contribution in [2.45, 2.75) is 65.2 Å². The number of nitrogens with two attached hydrogens (primary N) is 1. The minimum absolute atomic E-state index is 0.327. The molecule has 0 aromatic heterocycles. The van der Waals surface area contributed by atoms with Crippen LogP contribution < -0.4 is 11.3 Å². The van der Waals surface area contributed by atoms with Crippen molar-refractivity contribution in [2.24, 2.45) is 17.7 Å². The van der Waals surface area contributed by atoms with Crippen LogP contribution in [0.15, 0.2) is 0 Å². The molecule has 15 heavy (non-hydrogen) atoms. The molecule has 5 unspecified atom stereocenters. The summed E-state index contributed by atoms with van der Waals surface area (Å²) in [5.41, 5.74) is 2.98. The van der Waals surface area contributed by atoms with Crippen LogP contribution in [0.4, 0.5) is 0 Å². The van der Waals surface area contributed by atoms with Gasteiger partial charge in [0, 0.05) is 12.0 Å². The second-order valence-corrected chi connectivity index (χ2v) is 4.90. The molecule has 5 atom stereocenters. The Morgan fingerprint density at radius 1 is 1.27 bits per heavy atom. The molecule has 90 valence electrons. The van der Waals surface area contributed by atoms with E-state index in [0.717, 1.165) is 6.42 Å². The highest BCUT2D eigenvalue weighted by Gasteiger charge is 2.40. The van der Waals surface area contributed by atoms with Gasteiger partial charge in [-0.15, -0.1) is 0 Å². The van der Waals surface area contributed by atoms with Gasteiger partial charge < -0.3 is 4.74 Å². The normalized spacial score (nSPS) is 38.2. The molecule has 1 fully saturated rings. The molecule has 1 heterocycles. The van der Waals surface area contributed by atoms with E-state index in [0.29, 0.717) is 30.1 Å². The van der Waals surface area contributed by atoms with E-state index in [1.54, 1.807) is 0 Å². The molecule has 0 radical (unpaired) electrons. The van der Waals surface area contributed by atoms with E-state index in [2.05, 4.69) is 33.1 Å². The lowest BCUT2D eigenvalue weighted by molar-refractivity contribution is 0.0471. The van der Waals surface area contributed by atoms with Crippen LogP contribution in [0.5, 0.6) is 0 Å². The molecular weight excluding hydrogens is 188 g/mol. The molecule has 0 aromatic rings. The van der Waals surface area contributed by atoms with Gasteiger partial charge in [0.2, 0.25) is 0 Å². The highest BCUT2D eigenvalue weighted by molar-refractivity contribution is 4.90. The van der Waals surface area contributed by atoms with Crippen molar-refractivity contribution in [2.75, 3.05) is 0 Å². The smallest absolute Gasteiger partial charge is 0.0597 e. The summed E-state index contributed by atoms with van der Waals surface area (Å²) >= 11 is 0. The topological polar surface area (TPSA) is 47.3 Å². The molecule has 0 spiro atoms. The summed E-state index contributed by atoms with van der Waals surface area (Å²) in [7, 11) is 0. The van der Waals surface area contributed by atoms with Gasteiger partial charge in [-0.1, -0.05) is 26.7 Å². The quantitative estimate of drug-likeness (QED) is 0.544. The number of ether oxygens (including phenoxy) is 1. The summed E-state index contributed by atoms with van der Waals surface area (Å²) in [6, 6.07) is 0.403. The van der Waals surface area contributed by atoms with E-state index in [9.17, 15) is 0 Å². The molecule has 0 saturated carbocycles. The van der Waals surface area contributed by atoms with Gasteiger partial charge in [-0.2, -0.15) is 0 Å². The molecule has 1 aliphatic heterocycles. The lowest BCUT2D eigenvalue weighted by Crippen LogP contribution is -2.45. The average molecular weight is 214 g/mol. The van der Waals surface area contributed by atoms with E-state index in [1.807, 2.05) is 0 Å². The minimum atomic E-state index is 0.327. The van der Waals surface area contributed by atoms with Gasteiger partial charge in [-0.05, 0) is 26.2 Å². The van der Waals surface area contributed by atoms with Crippen LogP contribution >= 0.6 is 0 Å². The fourth-order valence-electron chi connectivity index (χ4n) is 2.80. The Labute approximate surface area is 93.7 Å². The van der Waals surface area contributed by atoms with Crippen LogP contribution in [-0.4, -0.2) is 18.2 Å². The van der Waals surface area contributed by atoms with Crippen LogP contribution in [0.1, 0.15) is 47.0 Å². The number of hydrogen-bond acceptors (Lipinski definition) is 3. The maximum absolute atomic E-state index is 5.85. The summed E-state index contributed by atoms with van der Waals surface area (Å²) in [4.78, 5) is 0. The number of nitrogens with one attached hydrogen (secondary N) is 1. The molecule has 0 aliphatic carbocycles. The average Bonchev–Trinajstić information content (AvgIpc) is 2.45. The third-order valence-corrected chi connectivity index (χ3v) is 3.87. The second-order valence-electron chi connectivity index (χ2n) is 4.90. The van der Waals surface area contributed by atoms with Crippen molar-refractivity contribution < 1.29 is 4.74 Å². The zero-order valence-electron chi connectivity index (χ0n) is 10.5. The molecular formula is C12H26N2O. The Morgan fingerprint density at radius 2 is 1.93 bits per heavy atom. The number of rotatable bonds is 5. The Hall–Kier alpha value is -0.120. The Kier molecular flexibility index (Phi) is 5.03. The second kappa shape index (κ2) is 5.83. The Balaban J connectivity index is 2.58. The van der Waals surface area contributed by atoms with Crippen molar-refractivity contribution in [3.63, 3.8) is 0 Å². The molecule has 0 amide bonds. The van der Waals surface area contributed by atoms with Crippen molar-refractivity contribution in [3.8, 4) is 0 Å². The predicted octanol–water partition coefficient (Wildman–Crippen LogP) is 2.07. The van der Waals surface area contributed by atoms with Crippen LogP contribution in [0.2, 0.25) is 0 Å². The van der Waals surface area contributed by atoms with Crippen molar-refractivity contribution in [1.82, 2.24) is 5.43 Å². The fraction of sp³-hybridized carbons (Fsp3) is 1.00. The van der Waals surface area contributed by atoms with Crippen LogP contribution in [0.25, 0.3) is 0 Å². The summed E-state index contributed by atoms with van der Waals surface area (Å²) in [5.74, 6) is 6.81. The van der Waals surface area contributed by atoms with Crippen molar-refractivity contribution in [1.29, 1.82) is 0 Å². The van der Waals surface area contributed by atoms with Crippen molar-refractivity contribution >= 4 is 0 Å². The molecule has 0 bridgehead atoms. The van der Waals surface area contributed by atoms with E-state index >= 15 is 0 Å². The lowest BCUT2D eigenvalue weighted by atomic mass is 9.82. The molecule has 0 aromatic carbocycles. The van der Waals surface area contributed by atoms with Crippen LogP contribution in [0, 0.1) is 11.8 Å². The number of hydrazine groups is 1. The lowest BCUT2D eigenvalue weighted by Gasteiger charge is -2.28. The molecule has 1 saturated heterocycles. The first-order chi connectivity index (χ1) is 7.11.